The smallest absolute Gasteiger partial charge is 0.0705 e. The molecule has 1 saturated heterocycles. The van der Waals surface area contributed by atoms with Crippen LogP contribution < -0.4 is 5.32 Å². The summed E-state index contributed by atoms with van der Waals surface area (Å²) in [4.78, 5) is 4.73. The van der Waals surface area contributed by atoms with Gasteiger partial charge in [-0.15, -0.1) is 0 Å². The Morgan fingerprint density at radius 1 is 1.12 bits per heavy atom. The van der Waals surface area contributed by atoms with Crippen molar-refractivity contribution in [3.63, 3.8) is 0 Å². The first kappa shape index (κ1) is 9.79. The summed E-state index contributed by atoms with van der Waals surface area (Å²) in [6, 6.07) is 12.6. The predicted octanol–water partition coefficient (Wildman–Crippen LogP) is 2.86. The molecule has 1 fully saturated rings. The fourth-order valence-corrected chi connectivity index (χ4v) is 2.25. The van der Waals surface area contributed by atoms with Gasteiger partial charge in [0, 0.05) is 23.5 Å². The van der Waals surface area contributed by atoms with Crippen molar-refractivity contribution in [1.29, 1.82) is 0 Å². The molecule has 2 heteroatoms. The molecular formula is C14H15N2. The molecule has 2 heterocycles. The van der Waals surface area contributed by atoms with Gasteiger partial charge >= 0.3 is 0 Å². The summed E-state index contributed by atoms with van der Waals surface area (Å²) >= 11 is 0. The van der Waals surface area contributed by atoms with Gasteiger partial charge in [0.05, 0.1) is 5.52 Å². The topological polar surface area (TPSA) is 24.9 Å². The van der Waals surface area contributed by atoms with E-state index in [1.165, 1.54) is 23.9 Å². The summed E-state index contributed by atoms with van der Waals surface area (Å²) in [6.07, 6.45) is 2.44. The van der Waals surface area contributed by atoms with E-state index in [0.29, 0.717) is 5.92 Å². The summed E-state index contributed by atoms with van der Waals surface area (Å²) in [7, 11) is 0. The molecule has 0 aliphatic carbocycles. The van der Waals surface area contributed by atoms with Crippen molar-refractivity contribution in [1.82, 2.24) is 10.3 Å². The second-order valence-corrected chi connectivity index (χ2v) is 4.30. The van der Waals surface area contributed by atoms with Gasteiger partial charge in [-0.3, -0.25) is 4.98 Å². The van der Waals surface area contributed by atoms with Gasteiger partial charge in [-0.2, -0.15) is 0 Å². The van der Waals surface area contributed by atoms with E-state index in [-0.39, 0.29) is 0 Å². The molecule has 1 atom stereocenters. The SMILES string of the molecule is [CH]1NCCCC1c1ccc2ccccc2n1. The van der Waals surface area contributed by atoms with Crippen molar-refractivity contribution < 1.29 is 0 Å². The van der Waals surface area contributed by atoms with Crippen LogP contribution in [0.2, 0.25) is 0 Å². The average Bonchev–Trinajstić information content (AvgIpc) is 2.39. The Balaban J connectivity index is 1.97. The van der Waals surface area contributed by atoms with Crippen LogP contribution in [-0.4, -0.2) is 11.5 Å². The Labute approximate surface area is 95.7 Å². The highest BCUT2D eigenvalue weighted by Gasteiger charge is 2.16. The number of piperidine rings is 1. The van der Waals surface area contributed by atoms with Gasteiger partial charge in [-0.05, 0) is 31.5 Å². The minimum atomic E-state index is 0.471. The molecule has 1 aliphatic heterocycles. The second kappa shape index (κ2) is 4.22. The van der Waals surface area contributed by atoms with Crippen LogP contribution in [-0.2, 0) is 0 Å². The number of nitrogens with one attached hydrogen (secondary N) is 1. The number of fused-ring (bicyclic) bond motifs is 1. The molecule has 2 aromatic rings. The minimum absolute atomic E-state index is 0.471. The van der Waals surface area contributed by atoms with E-state index < -0.39 is 0 Å². The third-order valence-corrected chi connectivity index (χ3v) is 3.16. The summed E-state index contributed by atoms with van der Waals surface area (Å²) in [5.74, 6) is 0.471. The standard InChI is InChI=1S/C14H15N2/c1-2-6-13-11(4-1)7-8-14(16-13)12-5-3-9-15-10-12/h1-2,4,6-8,10,12,15H,3,5,9H2. The molecular weight excluding hydrogens is 196 g/mol. The monoisotopic (exact) mass is 211 g/mol. The number of pyridine rings is 1. The number of aromatic nitrogens is 1. The fourth-order valence-electron chi connectivity index (χ4n) is 2.25. The van der Waals surface area contributed by atoms with Crippen LogP contribution in [0.3, 0.4) is 0 Å². The molecule has 0 spiro atoms. The maximum absolute atomic E-state index is 4.73. The zero-order valence-corrected chi connectivity index (χ0v) is 9.19. The van der Waals surface area contributed by atoms with E-state index in [9.17, 15) is 0 Å². The lowest BCUT2D eigenvalue weighted by Gasteiger charge is -2.21. The zero-order valence-electron chi connectivity index (χ0n) is 9.19. The molecule has 1 aliphatic rings. The maximum Gasteiger partial charge on any atom is 0.0705 e. The maximum atomic E-state index is 4.73. The number of para-hydroxylation sites is 1. The van der Waals surface area contributed by atoms with Gasteiger partial charge in [-0.1, -0.05) is 24.3 Å². The highest BCUT2D eigenvalue weighted by atomic mass is 14.9. The lowest BCUT2D eigenvalue weighted by atomic mass is 9.95. The van der Waals surface area contributed by atoms with Crippen LogP contribution in [0.25, 0.3) is 10.9 Å². The van der Waals surface area contributed by atoms with Crippen LogP contribution in [0.4, 0.5) is 0 Å². The molecule has 1 aromatic carbocycles. The van der Waals surface area contributed by atoms with E-state index in [1.807, 2.05) is 6.07 Å². The number of nitrogens with zero attached hydrogens (tertiary/aromatic N) is 1. The summed E-state index contributed by atoms with van der Waals surface area (Å²) in [5.41, 5.74) is 2.28. The summed E-state index contributed by atoms with van der Waals surface area (Å²) < 4.78 is 0. The first-order valence-electron chi connectivity index (χ1n) is 5.86. The van der Waals surface area contributed by atoms with Crippen molar-refractivity contribution >= 4 is 10.9 Å². The quantitative estimate of drug-likeness (QED) is 0.784. The van der Waals surface area contributed by atoms with Crippen LogP contribution in [0.15, 0.2) is 36.4 Å². The van der Waals surface area contributed by atoms with Gasteiger partial charge in [0.1, 0.15) is 0 Å². The van der Waals surface area contributed by atoms with Crippen LogP contribution in [0, 0.1) is 6.54 Å². The Morgan fingerprint density at radius 3 is 2.94 bits per heavy atom. The van der Waals surface area contributed by atoms with Gasteiger partial charge in [-0.25, -0.2) is 0 Å². The third-order valence-electron chi connectivity index (χ3n) is 3.16. The third kappa shape index (κ3) is 1.81. The molecule has 0 bridgehead atoms. The van der Waals surface area contributed by atoms with Crippen molar-refractivity contribution in [3.05, 3.63) is 48.6 Å². The highest BCUT2D eigenvalue weighted by molar-refractivity contribution is 5.78. The van der Waals surface area contributed by atoms with Crippen molar-refractivity contribution in [2.24, 2.45) is 0 Å². The number of benzene rings is 1. The lowest BCUT2D eigenvalue weighted by Crippen LogP contribution is -2.23. The van der Waals surface area contributed by atoms with Crippen LogP contribution >= 0.6 is 0 Å². The largest absolute Gasteiger partial charge is 0.312 e. The van der Waals surface area contributed by atoms with Crippen LogP contribution in [0.1, 0.15) is 24.5 Å². The molecule has 3 rings (SSSR count). The number of rotatable bonds is 1. The normalized spacial score (nSPS) is 21.1. The Morgan fingerprint density at radius 2 is 2.06 bits per heavy atom. The Kier molecular flexibility index (Phi) is 2.58. The van der Waals surface area contributed by atoms with E-state index in [2.05, 4.69) is 42.2 Å². The number of hydrogen-bond donors (Lipinski definition) is 1. The highest BCUT2D eigenvalue weighted by Crippen LogP contribution is 2.25. The second-order valence-electron chi connectivity index (χ2n) is 4.30. The van der Waals surface area contributed by atoms with Gasteiger partial charge < -0.3 is 5.32 Å². The zero-order chi connectivity index (χ0) is 10.8. The van der Waals surface area contributed by atoms with E-state index in [1.54, 1.807) is 0 Å². The van der Waals surface area contributed by atoms with Gasteiger partial charge in [0.2, 0.25) is 0 Å². The summed E-state index contributed by atoms with van der Waals surface area (Å²) in [6.45, 7) is 3.28. The molecule has 2 nitrogen and oxygen atoms in total. The molecule has 0 amide bonds. The Hall–Kier alpha value is -1.41. The van der Waals surface area contributed by atoms with E-state index >= 15 is 0 Å². The molecule has 81 valence electrons. The Bertz CT molecular complexity index is 487. The molecule has 16 heavy (non-hydrogen) atoms. The first-order valence-corrected chi connectivity index (χ1v) is 5.86. The van der Waals surface area contributed by atoms with Crippen LogP contribution in [0.5, 0.6) is 0 Å². The van der Waals surface area contributed by atoms with E-state index in [0.717, 1.165) is 12.1 Å². The molecule has 1 unspecified atom stereocenters. The van der Waals surface area contributed by atoms with Gasteiger partial charge in [0.25, 0.3) is 0 Å². The molecule has 1 radical (unpaired) electrons. The summed E-state index contributed by atoms with van der Waals surface area (Å²) in [5, 5.41) is 4.53. The molecule has 1 aromatic heterocycles. The first-order chi connectivity index (χ1) is 7.93. The van der Waals surface area contributed by atoms with Crippen molar-refractivity contribution in [3.8, 4) is 0 Å². The van der Waals surface area contributed by atoms with Crippen molar-refractivity contribution in [2.45, 2.75) is 18.8 Å². The van der Waals surface area contributed by atoms with Crippen molar-refractivity contribution in [2.75, 3.05) is 6.54 Å². The minimum Gasteiger partial charge on any atom is -0.312 e. The molecule has 1 N–H and O–H groups in total. The average molecular weight is 211 g/mol. The lowest BCUT2D eigenvalue weighted by molar-refractivity contribution is 0.515. The van der Waals surface area contributed by atoms with Gasteiger partial charge in [0.15, 0.2) is 0 Å². The number of hydrogen-bond acceptors (Lipinski definition) is 2. The fraction of sp³-hybridized carbons (Fsp3) is 0.286. The predicted molar refractivity (Wildman–Crippen MR) is 66.0 cm³/mol. The van der Waals surface area contributed by atoms with E-state index in [4.69, 9.17) is 4.98 Å². The molecule has 0 saturated carbocycles.